The Hall–Kier alpha value is -0.320. The Morgan fingerprint density at radius 3 is 2.82 bits per heavy atom. The van der Waals surface area contributed by atoms with Crippen LogP contribution in [0.15, 0.2) is 16.7 Å². The fourth-order valence-corrected chi connectivity index (χ4v) is 1.26. The third-order valence-corrected chi connectivity index (χ3v) is 1.98. The number of hydrogen-bond acceptors (Lipinski definition) is 2. The lowest BCUT2D eigenvalue weighted by molar-refractivity contribution is 0.276. The molecule has 0 saturated heterocycles. The van der Waals surface area contributed by atoms with Crippen LogP contribution >= 0.6 is 15.9 Å². The molecule has 1 heterocycles. The molecule has 0 aliphatic carbocycles. The fourth-order valence-electron chi connectivity index (χ4n) is 0.895. The first kappa shape index (κ1) is 8.77. The van der Waals surface area contributed by atoms with E-state index in [2.05, 4.69) is 20.9 Å². The largest absolute Gasteiger partial charge is 0.396 e. The third-order valence-electron chi connectivity index (χ3n) is 1.51. The Morgan fingerprint density at radius 2 is 2.36 bits per heavy atom. The molecule has 1 aromatic heterocycles. The summed E-state index contributed by atoms with van der Waals surface area (Å²) in [5.41, 5.74) is 6.66. The van der Waals surface area contributed by atoms with Crippen molar-refractivity contribution in [2.75, 3.05) is 6.61 Å². The average Bonchev–Trinajstić information content (AvgIpc) is 2.36. The van der Waals surface area contributed by atoms with Crippen molar-refractivity contribution < 1.29 is 5.11 Å². The summed E-state index contributed by atoms with van der Waals surface area (Å²) in [4.78, 5) is 3.04. The van der Waals surface area contributed by atoms with E-state index in [1.54, 1.807) is 0 Å². The normalized spacial score (nSPS) is 13.4. The maximum Gasteiger partial charge on any atom is 0.0822 e. The number of hydrogen-bond donors (Lipinski definition) is 3. The minimum atomic E-state index is -0.0914. The van der Waals surface area contributed by atoms with Crippen LogP contribution in [0.2, 0.25) is 0 Å². The minimum absolute atomic E-state index is 0.0914. The van der Waals surface area contributed by atoms with Crippen LogP contribution < -0.4 is 5.73 Å². The number of aromatic nitrogens is 1. The van der Waals surface area contributed by atoms with E-state index < -0.39 is 0 Å². The molecule has 1 rings (SSSR count). The maximum absolute atomic E-state index is 8.60. The van der Waals surface area contributed by atoms with Gasteiger partial charge >= 0.3 is 0 Å². The van der Waals surface area contributed by atoms with Crippen LogP contribution in [0.5, 0.6) is 0 Å². The van der Waals surface area contributed by atoms with Crippen LogP contribution in [-0.2, 0) is 0 Å². The van der Waals surface area contributed by atoms with Gasteiger partial charge < -0.3 is 15.8 Å². The van der Waals surface area contributed by atoms with E-state index in [1.165, 1.54) is 0 Å². The highest BCUT2D eigenvalue weighted by Gasteiger charge is 2.05. The Balaban J connectivity index is 2.60. The van der Waals surface area contributed by atoms with Gasteiger partial charge in [-0.2, -0.15) is 0 Å². The van der Waals surface area contributed by atoms with Gasteiger partial charge in [0.2, 0.25) is 0 Å². The van der Waals surface area contributed by atoms with Crippen molar-refractivity contribution in [3.63, 3.8) is 0 Å². The van der Waals surface area contributed by atoms with Gasteiger partial charge in [0.15, 0.2) is 0 Å². The molecule has 0 aliphatic rings. The van der Waals surface area contributed by atoms with E-state index in [4.69, 9.17) is 10.8 Å². The smallest absolute Gasteiger partial charge is 0.0822 e. The van der Waals surface area contributed by atoms with Gasteiger partial charge in [-0.05, 0) is 34.5 Å². The van der Waals surface area contributed by atoms with Crippen LogP contribution in [-0.4, -0.2) is 16.7 Å². The van der Waals surface area contributed by atoms with Gasteiger partial charge in [-0.25, -0.2) is 0 Å². The number of nitrogens with one attached hydrogen (secondary N) is 1. The molecule has 0 bridgehead atoms. The van der Waals surface area contributed by atoms with Gasteiger partial charge in [0.05, 0.1) is 4.60 Å². The lowest BCUT2D eigenvalue weighted by Gasteiger charge is -2.06. The predicted octanol–water partition coefficient (Wildman–Crippen LogP) is 1.16. The summed E-state index contributed by atoms with van der Waals surface area (Å²) in [5.74, 6) is 0. The Bertz CT molecular complexity index is 224. The van der Waals surface area contributed by atoms with Gasteiger partial charge in [-0.3, -0.25) is 0 Å². The number of aliphatic hydroxyl groups is 1. The topological polar surface area (TPSA) is 62.0 Å². The number of nitrogens with two attached hydrogens (primary N) is 1. The highest BCUT2D eigenvalue weighted by atomic mass is 79.9. The first-order valence-electron chi connectivity index (χ1n) is 3.45. The average molecular weight is 219 g/mol. The van der Waals surface area contributed by atoms with Crippen molar-refractivity contribution in [1.82, 2.24) is 4.98 Å². The van der Waals surface area contributed by atoms with Crippen LogP contribution in [0.1, 0.15) is 18.2 Å². The zero-order valence-electron chi connectivity index (χ0n) is 6.05. The van der Waals surface area contributed by atoms with E-state index in [9.17, 15) is 0 Å². The molecule has 0 aliphatic heterocycles. The summed E-state index contributed by atoms with van der Waals surface area (Å²) < 4.78 is 0.917. The van der Waals surface area contributed by atoms with Crippen molar-refractivity contribution >= 4 is 15.9 Å². The van der Waals surface area contributed by atoms with E-state index in [0.717, 1.165) is 10.3 Å². The van der Waals surface area contributed by atoms with E-state index in [1.807, 2.05) is 12.1 Å². The zero-order chi connectivity index (χ0) is 8.27. The molecule has 3 nitrogen and oxygen atoms in total. The van der Waals surface area contributed by atoms with E-state index in [-0.39, 0.29) is 12.6 Å². The molecule has 1 unspecified atom stereocenters. The number of halogens is 1. The van der Waals surface area contributed by atoms with Gasteiger partial charge in [0, 0.05) is 18.3 Å². The van der Waals surface area contributed by atoms with E-state index in [0.29, 0.717) is 6.42 Å². The van der Waals surface area contributed by atoms with Crippen molar-refractivity contribution in [3.05, 3.63) is 22.4 Å². The quantitative estimate of drug-likeness (QED) is 0.714. The SMILES string of the molecule is NC(CCO)c1ccc(Br)[nH]1. The van der Waals surface area contributed by atoms with Crippen molar-refractivity contribution in [1.29, 1.82) is 0 Å². The zero-order valence-corrected chi connectivity index (χ0v) is 7.63. The molecule has 0 radical (unpaired) electrons. The second kappa shape index (κ2) is 3.90. The Kier molecular flexibility index (Phi) is 3.11. The summed E-state index contributed by atoms with van der Waals surface area (Å²) in [7, 11) is 0. The molecule has 0 spiro atoms. The van der Waals surface area contributed by atoms with Crippen LogP contribution in [0.25, 0.3) is 0 Å². The summed E-state index contributed by atoms with van der Waals surface area (Å²) in [5, 5.41) is 8.60. The minimum Gasteiger partial charge on any atom is -0.396 e. The van der Waals surface area contributed by atoms with Crippen LogP contribution in [0.3, 0.4) is 0 Å². The van der Waals surface area contributed by atoms with Gasteiger partial charge in [0.1, 0.15) is 0 Å². The molecule has 0 saturated carbocycles. The lowest BCUT2D eigenvalue weighted by atomic mass is 10.2. The van der Waals surface area contributed by atoms with Crippen LogP contribution in [0, 0.1) is 0 Å². The molecule has 4 heteroatoms. The number of rotatable bonds is 3. The molecule has 11 heavy (non-hydrogen) atoms. The van der Waals surface area contributed by atoms with Crippen molar-refractivity contribution in [3.8, 4) is 0 Å². The molecular formula is C7H11BrN2O. The van der Waals surface area contributed by atoms with E-state index >= 15 is 0 Å². The summed E-state index contributed by atoms with van der Waals surface area (Å²) in [6.45, 7) is 0.123. The molecule has 1 aromatic rings. The first-order chi connectivity index (χ1) is 5.24. The summed E-state index contributed by atoms with van der Waals surface area (Å²) in [6.07, 6.45) is 0.590. The summed E-state index contributed by atoms with van der Waals surface area (Å²) >= 11 is 3.28. The third kappa shape index (κ3) is 2.32. The number of H-pyrrole nitrogens is 1. The highest BCUT2D eigenvalue weighted by molar-refractivity contribution is 9.10. The molecule has 0 fully saturated rings. The second-order valence-corrected chi connectivity index (χ2v) is 3.23. The first-order valence-corrected chi connectivity index (χ1v) is 4.24. The van der Waals surface area contributed by atoms with Crippen molar-refractivity contribution in [2.45, 2.75) is 12.5 Å². The van der Waals surface area contributed by atoms with Gasteiger partial charge in [-0.1, -0.05) is 0 Å². The maximum atomic E-state index is 8.60. The monoisotopic (exact) mass is 218 g/mol. The molecule has 0 aromatic carbocycles. The van der Waals surface area contributed by atoms with Gasteiger partial charge in [-0.15, -0.1) is 0 Å². The second-order valence-electron chi connectivity index (χ2n) is 2.38. The summed E-state index contributed by atoms with van der Waals surface area (Å²) in [6, 6.07) is 3.71. The number of aromatic amines is 1. The Labute approximate surface area is 73.7 Å². The highest BCUT2D eigenvalue weighted by Crippen LogP contribution is 2.15. The Morgan fingerprint density at radius 1 is 1.64 bits per heavy atom. The fraction of sp³-hybridized carbons (Fsp3) is 0.429. The number of aliphatic hydroxyl groups excluding tert-OH is 1. The van der Waals surface area contributed by atoms with Crippen LogP contribution in [0.4, 0.5) is 0 Å². The predicted molar refractivity (Wildman–Crippen MR) is 47.1 cm³/mol. The molecule has 0 amide bonds. The van der Waals surface area contributed by atoms with Gasteiger partial charge in [0.25, 0.3) is 0 Å². The van der Waals surface area contributed by atoms with Crippen molar-refractivity contribution in [2.24, 2.45) is 5.73 Å². The molecule has 62 valence electrons. The lowest BCUT2D eigenvalue weighted by Crippen LogP contribution is -2.12. The molecular weight excluding hydrogens is 208 g/mol. The molecule has 1 atom stereocenters. The molecule has 4 N–H and O–H groups in total. The standard InChI is InChI=1S/C7H11BrN2O/c8-7-2-1-6(10-7)5(9)3-4-11/h1-2,5,10-11H,3-4,9H2.